The van der Waals surface area contributed by atoms with Gasteiger partial charge in [0.2, 0.25) is 10.0 Å². The standard InChI is InChI=1S/C19H29N7O3S/c1-22-7-4-8-24(11-9-22)19(27)15-5-6-17-20-21-18(26(17)13-15)16-14-25(30(3,28)29)12-10-23(16)2/h5-6,13,16H,4,7-12,14H2,1-3H3. The largest absolute Gasteiger partial charge is 0.337 e. The second-order valence-electron chi connectivity index (χ2n) is 8.27. The number of carbonyl (C=O) groups excluding carboxylic acids is 1. The molecule has 2 aliphatic rings. The molecule has 1 unspecified atom stereocenters. The number of carbonyl (C=O) groups is 1. The van der Waals surface area contributed by atoms with Gasteiger partial charge in [-0.1, -0.05) is 0 Å². The van der Waals surface area contributed by atoms with Gasteiger partial charge < -0.3 is 9.80 Å². The Morgan fingerprint density at radius 2 is 1.83 bits per heavy atom. The van der Waals surface area contributed by atoms with Crippen molar-refractivity contribution in [3.8, 4) is 0 Å². The number of nitrogens with zero attached hydrogens (tertiary/aromatic N) is 7. The van der Waals surface area contributed by atoms with Crippen LogP contribution < -0.4 is 0 Å². The Labute approximate surface area is 177 Å². The highest BCUT2D eigenvalue weighted by molar-refractivity contribution is 7.88. The number of fused-ring (bicyclic) bond motifs is 1. The molecule has 2 aromatic heterocycles. The summed E-state index contributed by atoms with van der Waals surface area (Å²) in [7, 11) is 0.740. The third kappa shape index (κ3) is 4.20. The highest BCUT2D eigenvalue weighted by atomic mass is 32.2. The van der Waals surface area contributed by atoms with Gasteiger partial charge in [-0.25, -0.2) is 8.42 Å². The molecule has 2 fully saturated rings. The summed E-state index contributed by atoms with van der Waals surface area (Å²) in [5, 5.41) is 8.58. The molecular weight excluding hydrogens is 406 g/mol. The van der Waals surface area contributed by atoms with Crippen LogP contribution in [0.15, 0.2) is 18.3 Å². The molecule has 30 heavy (non-hydrogen) atoms. The minimum atomic E-state index is -3.29. The predicted octanol–water partition coefficient (Wildman–Crippen LogP) is -0.245. The monoisotopic (exact) mass is 435 g/mol. The fourth-order valence-electron chi connectivity index (χ4n) is 4.12. The van der Waals surface area contributed by atoms with Crippen LogP contribution in [0.3, 0.4) is 0 Å². The Balaban J connectivity index is 1.63. The summed E-state index contributed by atoms with van der Waals surface area (Å²) in [5.41, 5.74) is 1.23. The van der Waals surface area contributed by atoms with Crippen molar-refractivity contribution in [3.63, 3.8) is 0 Å². The highest BCUT2D eigenvalue weighted by Gasteiger charge is 2.33. The molecule has 1 atom stereocenters. The number of aromatic nitrogens is 3. The molecule has 0 spiro atoms. The fraction of sp³-hybridized carbons (Fsp3) is 0.632. The number of amides is 1. The summed E-state index contributed by atoms with van der Waals surface area (Å²) in [6, 6.07) is 3.35. The lowest BCUT2D eigenvalue weighted by molar-refractivity contribution is 0.0762. The smallest absolute Gasteiger partial charge is 0.255 e. The molecule has 10 nitrogen and oxygen atoms in total. The molecule has 0 N–H and O–H groups in total. The first kappa shape index (κ1) is 21.2. The van der Waals surface area contributed by atoms with Crippen LogP contribution in [0.1, 0.15) is 28.6 Å². The van der Waals surface area contributed by atoms with Crippen molar-refractivity contribution in [2.24, 2.45) is 0 Å². The zero-order valence-corrected chi connectivity index (χ0v) is 18.5. The first-order valence-electron chi connectivity index (χ1n) is 10.2. The molecule has 4 heterocycles. The second kappa shape index (κ2) is 8.22. The van der Waals surface area contributed by atoms with E-state index in [1.807, 2.05) is 16.3 Å². The van der Waals surface area contributed by atoms with Gasteiger partial charge in [-0.05, 0) is 39.2 Å². The molecule has 2 aromatic rings. The van der Waals surface area contributed by atoms with E-state index in [0.29, 0.717) is 43.2 Å². The van der Waals surface area contributed by atoms with Crippen molar-refractivity contribution in [3.05, 3.63) is 29.7 Å². The summed E-state index contributed by atoms with van der Waals surface area (Å²) in [6.07, 6.45) is 3.97. The quantitative estimate of drug-likeness (QED) is 0.656. The molecule has 11 heteroatoms. The molecule has 0 radical (unpaired) electrons. The molecule has 2 aliphatic heterocycles. The lowest BCUT2D eigenvalue weighted by Gasteiger charge is -2.37. The average molecular weight is 436 g/mol. The van der Waals surface area contributed by atoms with E-state index in [1.54, 1.807) is 18.3 Å². The van der Waals surface area contributed by atoms with Crippen molar-refractivity contribution in [1.29, 1.82) is 0 Å². The number of likely N-dealkylation sites (N-methyl/N-ethyl adjacent to an activating group) is 2. The summed E-state index contributed by atoms with van der Waals surface area (Å²) in [5.74, 6) is 0.646. The summed E-state index contributed by atoms with van der Waals surface area (Å²) in [4.78, 5) is 19.3. The summed E-state index contributed by atoms with van der Waals surface area (Å²) in [6.45, 7) is 4.67. The minimum Gasteiger partial charge on any atom is -0.337 e. The van der Waals surface area contributed by atoms with Crippen molar-refractivity contribution in [2.75, 3.05) is 66.2 Å². The molecule has 0 aromatic carbocycles. The van der Waals surface area contributed by atoms with Gasteiger partial charge in [-0.3, -0.25) is 14.1 Å². The van der Waals surface area contributed by atoms with Crippen LogP contribution in [-0.4, -0.2) is 114 Å². The van der Waals surface area contributed by atoms with Crippen molar-refractivity contribution in [2.45, 2.75) is 12.5 Å². The minimum absolute atomic E-state index is 0.00149. The molecular formula is C19H29N7O3S. The van der Waals surface area contributed by atoms with Gasteiger partial charge in [0.05, 0.1) is 17.9 Å². The van der Waals surface area contributed by atoms with Crippen LogP contribution in [0.4, 0.5) is 0 Å². The number of piperazine rings is 1. The molecule has 2 saturated heterocycles. The van der Waals surface area contributed by atoms with E-state index in [0.717, 1.165) is 26.1 Å². The van der Waals surface area contributed by atoms with Crippen molar-refractivity contribution >= 4 is 21.6 Å². The van der Waals surface area contributed by atoms with Crippen molar-refractivity contribution < 1.29 is 13.2 Å². The van der Waals surface area contributed by atoms with Gasteiger partial charge >= 0.3 is 0 Å². The maximum Gasteiger partial charge on any atom is 0.255 e. The van der Waals surface area contributed by atoms with Crippen molar-refractivity contribution in [1.82, 2.24) is 33.6 Å². The average Bonchev–Trinajstić information content (AvgIpc) is 3.00. The SMILES string of the molecule is CN1CCCN(C(=O)c2ccc3nnc(C4CN(S(C)(=O)=O)CCN4C)n3c2)CC1. The number of rotatable bonds is 3. The van der Waals surface area contributed by atoms with Crippen LogP contribution in [-0.2, 0) is 10.0 Å². The Morgan fingerprint density at radius 1 is 1.03 bits per heavy atom. The normalized spacial score (nSPS) is 23.0. The van der Waals surface area contributed by atoms with E-state index < -0.39 is 10.0 Å². The lowest BCUT2D eigenvalue weighted by Crippen LogP contribution is -2.49. The number of hydrogen-bond donors (Lipinski definition) is 0. The van der Waals surface area contributed by atoms with E-state index in [-0.39, 0.29) is 11.9 Å². The molecule has 1 amide bonds. The van der Waals surface area contributed by atoms with Gasteiger partial charge in [0.1, 0.15) is 0 Å². The van der Waals surface area contributed by atoms with Gasteiger partial charge in [0.15, 0.2) is 11.5 Å². The Hall–Kier alpha value is -2.08. The van der Waals surface area contributed by atoms with E-state index >= 15 is 0 Å². The van der Waals surface area contributed by atoms with Gasteiger partial charge in [-0.2, -0.15) is 4.31 Å². The summed E-state index contributed by atoms with van der Waals surface area (Å²) >= 11 is 0. The van der Waals surface area contributed by atoms with Crippen LogP contribution >= 0.6 is 0 Å². The molecule has 0 aliphatic carbocycles. The van der Waals surface area contributed by atoms with Crippen LogP contribution in [0.2, 0.25) is 0 Å². The first-order chi connectivity index (χ1) is 14.2. The zero-order chi connectivity index (χ0) is 21.5. The number of pyridine rings is 1. The fourth-order valence-corrected chi connectivity index (χ4v) is 4.95. The predicted molar refractivity (Wildman–Crippen MR) is 113 cm³/mol. The third-order valence-corrected chi connectivity index (χ3v) is 7.33. The van der Waals surface area contributed by atoms with Crippen LogP contribution in [0.25, 0.3) is 5.65 Å². The Bertz CT molecular complexity index is 1040. The topological polar surface area (TPSA) is 94.4 Å². The number of hydrogen-bond acceptors (Lipinski definition) is 7. The maximum absolute atomic E-state index is 13.1. The highest BCUT2D eigenvalue weighted by Crippen LogP contribution is 2.25. The molecule has 4 rings (SSSR count). The van der Waals surface area contributed by atoms with Gasteiger partial charge in [0.25, 0.3) is 5.91 Å². The van der Waals surface area contributed by atoms with E-state index in [9.17, 15) is 13.2 Å². The maximum atomic E-state index is 13.1. The Kier molecular flexibility index (Phi) is 5.80. The van der Waals surface area contributed by atoms with Gasteiger partial charge in [0, 0.05) is 45.5 Å². The number of sulfonamides is 1. The first-order valence-corrected chi connectivity index (χ1v) is 12.1. The van der Waals surface area contributed by atoms with Crippen LogP contribution in [0, 0.1) is 0 Å². The van der Waals surface area contributed by atoms with E-state index in [2.05, 4.69) is 27.0 Å². The third-order valence-electron chi connectivity index (χ3n) is 6.06. The Morgan fingerprint density at radius 3 is 2.60 bits per heavy atom. The molecule has 0 bridgehead atoms. The summed E-state index contributed by atoms with van der Waals surface area (Å²) < 4.78 is 27.4. The van der Waals surface area contributed by atoms with E-state index in [1.165, 1.54) is 10.6 Å². The zero-order valence-electron chi connectivity index (χ0n) is 17.7. The van der Waals surface area contributed by atoms with Crippen LogP contribution in [0.5, 0.6) is 0 Å². The second-order valence-corrected chi connectivity index (χ2v) is 10.3. The lowest BCUT2D eigenvalue weighted by atomic mass is 10.2. The van der Waals surface area contributed by atoms with E-state index in [4.69, 9.17) is 0 Å². The van der Waals surface area contributed by atoms with Gasteiger partial charge in [-0.15, -0.1) is 10.2 Å². The molecule has 164 valence electrons. The molecule has 0 saturated carbocycles.